The van der Waals surface area contributed by atoms with Crippen LogP contribution in [-0.2, 0) is 16.0 Å². The highest BCUT2D eigenvalue weighted by Crippen LogP contribution is 2.33. The van der Waals surface area contributed by atoms with Gasteiger partial charge in [0.15, 0.2) is 23.0 Å². The monoisotopic (exact) mass is 370 g/mol. The zero-order valence-electron chi connectivity index (χ0n) is 15.5. The molecule has 1 heterocycles. The van der Waals surface area contributed by atoms with Crippen LogP contribution in [0.4, 0.5) is 0 Å². The number of rotatable bonds is 6. The van der Waals surface area contributed by atoms with Gasteiger partial charge in [0.2, 0.25) is 0 Å². The highest BCUT2D eigenvalue weighted by atomic mass is 16.5. The Morgan fingerprint density at radius 2 is 1.78 bits per heavy atom. The smallest absolute Gasteiger partial charge is 0.334 e. The SMILES string of the molecule is COc1cc(/C=C2/C(=O)OC[C@H]2Cc2ccc(OC)c(OC)c2)ccc1O. The van der Waals surface area contributed by atoms with Gasteiger partial charge in [0.05, 0.1) is 27.9 Å². The maximum absolute atomic E-state index is 12.2. The average molecular weight is 370 g/mol. The number of benzene rings is 2. The van der Waals surface area contributed by atoms with Gasteiger partial charge in [0.1, 0.15) is 0 Å². The van der Waals surface area contributed by atoms with E-state index in [-0.39, 0.29) is 17.6 Å². The Bertz CT molecular complexity index is 871. The lowest BCUT2D eigenvalue weighted by Crippen LogP contribution is -2.08. The number of carbonyl (C=O) groups excluding carboxylic acids is 1. The molecule has 3 rings (SSSR count). The van der Waals surface area contributed by atoms with Crippen molar-refractivity contribution in [1.29, 1.82) is 0 Å². The van der Waals surface area contributed by atoms with Crippen LogP contribution in [-0.4, -0.2) is 39.0 Å². The first-order valence-corrected chi connectivity index (χ1v) is 8.52. The normalized spacial score (nSPS) is 17.7. The molecule has 1 N–H and O–H groups in total. The van der Waals surface area contributed by atoms with Crippen molar-refractivity contribution in [3.05, 3.63) is 53.1 Å². The molecule has 0 amide bonds. The van der Waals surface area contributed by atoms with Gasteiger partial charge in [-0.25, -0.2) is 4.79 Å². The van der Waals surface area contributed by atoms with E-state index in [1.165, 1.54) is 13.2 Å². The molecule has 1 atom stereocenters. The number of aromatic hydroxyl groups is 1. The molecule has 1 aliphatic heterocycles. The topological polar surface area (TPSA) is 74.2 Å². The van der Waals surface area contributed by atoms with Gasteiger partial charge >= 0.3 is 5.97 Å². The van der Waals surface area contributed by atoms with Crippen molar-refractivity contribution in [3.63, 3.8) is 0 Å². The lowest BCUT2D eigenvalue weighted by Gasteiger charge is -2.12. The summed E-state index contributed by atoms with van der Waals surface area (Å²) in [6.07, 6.45) is 2.41. The zero-order chi connectivity index (χ0) is 19.4. The largest absolute Gasteiger partial charge is 0.504 e. The summed E-state index contributed by atoms with van der Waals surface area (Å²) in [6, 6.07) is 10.6. The Hall–Kier alpha value is -3.15. The standard InChI is InChI=1S/C21H22O6/c1-24-18-7-5-13(11-20(18)26-3)8-15-12-27-21(23)16(15)9-14-4-6-17(22)19(10-14)25-2/h4-7,9-11,15,22H,8,12H2,1-3H3/b16-9+/t15-/m1/s1. The molecule has 0 bridgehead atoms. The third kappa shape index (κ3) is 4.00. The summed E-state index contributed by atoms with van der Waals surface area (Å²) in [7, 11) is 4.66. The summed E-state index contributed by atoms with van der Waals surface area (Å²) in [6.45, 7) is 0.328. The number of methoxy groups -OCH3 is 3. The number of hydrogen-bond donors (Lipinski definition) is 1. The fourth-order valence-corrected chi connectivity index (χ4v) is 3.12. The number of phenolic OH excluding ortho intramolecular Hbond substituents is 1. The lowest BCUT2D eigenvalue weighted by molar-refractivity contribution is -0.135. The number of carbonyl (C=O) groups is 1. The van der Waals surface area contributed by atoms with E-state index in [1.807, 2.05) is 18.2 Å². The number of cyclic esters (lactones) is 1. The van der Waals surface area contributed by atoms with E-state index in [9.17, 15) is 9.90 Å². The van der Waals surface area contributed by atoms with Crippen LogP contribution in [0.2, 0.25) is 0 Å². The Morgan fingerprint density at radius 1 is 1.04 bits per heavy atom. The highest BCUT2D eigenvalue weighted by molar-refractivity contribution is 5.96. The average Bonchev–Trinajstić information content (AvgIpc) is 3.02. The second-order valence-corrected chi connectivity index (χ2v) is 6.22. The quantitative estimate of drug-likeness (QED) is 0.622. The van der Waals surface area contributed by atoms with E-state index in [0.29, 0.717) is 35.8 Å². The van der Waals surface area contributed by atoms with Crippen LogP contribution in [0, 0.1) is 5.92 Å². The summed E-state index contributed by atoms with van der Waals surface area (Å²) in [5.74, 6) is 1.31. The van der Waals surface area contributed by atoms with Gasteiger partial charge in [0.25, 0.3) is 0 Å². The van der Waals surface area contributed by atoms with Gasteiger partial charge < -0.3 is 24.1 Å². The third-order valence-electron chi connectivity index (χ3n) is 4.55. The molecule has 6 heteroatoms. The minimum absolute atomic E-state index is 0.0514. The van der Waals surface area contributed by atoms with Crippen molar-refractivity contribution in [3.8, 4) is 23.0 Å². The molecule has 2 aromatic rings. The van der Waals surface area contributed by atoms with Gasteiger partial charge in [0, 0.05) is 11.5 Å². The van der Waals surface area contributed by atoms with E-state index >= 15 is 0 Å². The first kappa shape index (κ1) is 18.6. The molecule has 0 radical (unpaired) electrons. The van der Waals surface area contributed by atoms with E-state index in [2.05, 4.69) is 0 Å². The van der Waals surface area contributed by atoms with E-state index in [4.69, 9.17) is 18.9 Å². The van der Waals surface area contributed by atoms with Gasteiger partial charge in [-0.3, -0.25) is 0 Å². The molecule has 1 fully saturated rings. The van der Waals surface area contributed by atoms with Crippen molar-refractivity contribution in [2.45, 2.75) is 6.42 Å². The summed E-state index contributed by atoms with van der Waals surface area (Å²) in [5.41, 5.74) is 2.37. The van der Waals surface area contributed by atoms with Crippen LogP contribution >= 0.6 is 0 Å². The number of ether oxygens (including phenoxy) is 4. The van der Waals surface area contributed by atoms with Gasteiger partial charge in [-0.15, -0.1) is 0 Å². The summed E-state index contributed by atoms with van der Waals surface area (Å²) in [5, 5.41) is 9.73. The Morgan fingerprint density at radius 3 is 2.48 bits per heavy atom. The Labute approximate surface area is 157 Å². The fraction of sp³-hybridized carbons (Fsp3) is 0.286. The van der Waals surface area contributed by atoms with Crippen molar-refractivity contribution in [2.24, 2.45) is 5.92 Å². The molecule has 0 saturated carbocycles. The first-order valence-electron chi connectivity index (χ1n) is 8.52. The summed E-state index contributed by atoms with van der Waals surface area (Å²) < 4.78 is 21.0. The molecule has 0 spiro atoms. The predicted octanol–water partition coefficient (Wildman–Crippen LogP) is 3.22. The van der Waals surface area contributed by atoms with Crippen molar-refractivity contribution in [2.75, 3.05) is 27.9 Å². The number of esters is 1. The lowest BCUT2D eigenvalue weighted by atomic mass is 9.92. The van der Waals surface area contributed by atoms with Crippen molar-refractivity contribution in [1.82, 2.24) is 0 Å². The molecule has 1 aliphatic rings. The molecule has 0 aromatic heterocycles. The molecule has 1 saturated heterocycles. The van der Waals surface area contributed by atoms with Crippen LogP contribution in [0.15, 0.2) is 42.0 Å². The maximum atomic E-state index is 12.2. The van der Waals surface area contributed by atoms with Crippen LogP contribution in [0.25, 0.3) is 6.08 Å². The van der Waals surface area contributed by atoms with E-state index < -0.39 is 0 Å². The molecular formula is C21H22O6. The van der Waals surface area contributed by atoms with Gasteiger partial charge in [-0.1, -0.05) is 12.1 Å². The van der Waals surface area contributed by atoms with Crippen LogP contribution in [0.3, 0.4) is 0 Å². The number of hydrogen-bond acceptors (Lipinski definition) is 6. The minimum atomic E-state index is -0.326. The number of phenols is 1. The van der Waals surface area contributed by atoms with Crippen molar-refractivity contribution < 1.29 is 28.8 Å². The summed E-state index contributed by atoms with van der Waals surface area (Å²) in [4.78, 5) is 12.2. The molecule has 0 aliphatic carbocycles. The third-order valence-corrected chi connectivity index (χ3v) is 4.55. The van der Waals surface area contributed by atoms with E-state index in [0.717, 1.165) is 11.1 Å². The van der Waals surface area contributed by atoms with Crippen molar-refractivity contribution >= 4 is 12.0 Å². The second kappa shape index (κ2) is 8.03. The van der Waals surface area contributed by atoms with Crippen LogP contribution in [0.1, 0.15) is 11.1 Å². The molecular weight excluding hydrogens is 348 g/mol. The molecule has 6 nitrogen and oxygen atoms in total. The molecule has 142 valence electrons. The molecule has 0 unspecified atom stereocenters. The molecule has 27 heavy (non-hydrogen) atoms. The summed E-state index contributed by atoms with van der Waals surface area (Å²) >= 11 is 0. The van der Waals surface area contributed by atoms with E-state index in [1.54, 1.807) is 32.4 Å². The minimum Gasteiger partial charge on any atom is -0.504 e. The fourth-order valence-electron chi connectivity index (χ4n) is 3.12. The van der Waals surface area contributed by atoms with Gasteiger partial charge in [-0.2, -0.15) is 0 Å². The Kier molecular flexibility index (Phi) is 5.54. The Balaban J connectivity index is 1.86. The van der Waals surface area contributed by atoms with Crippen LogP contribution in [0.5, 0.6) is 23.0 Å². The van der Waals surface area contributed by atoms with Crippen LogP contribution < -0.4 is 14.2 Å². The first-order chi connectivity index (χ1) is 13.0. The zero-order valence-corrected chi connectivity index (χ0v) is 15.5. The maximum Gasteiger partial charge on any atom is 0.334 e. The predicted molar refractivity (Wildman–Crippen MR) is 100 cm³/mol. The highest BCUT2D eigenvalue weighted by Gasteiger charge is 2.30. The van der Waals surface area contributed by atoms with Gasteiger partial charge in [-0.05, 0) is 47.9 Å². The molecule has 2 aromatic carbocycles. The second-order valence-electron chi connectivity index (χ2n) is 6.22.